The molecule has 1 saturated carbocycles. The van der Waals surface area contributed by atoms with Crippen LogP contribution < -0.4 is 5.32 Å². The number of nitrogens with zero attached hydrogens (tertiary/aromatic N) is 3. The number of carbonyl (C=O) groups excluding carboxylic acids is 1. The van der Waals surface area contributed by atoms with E-state index in [0.717, 1.165) is 11.4 Å². The first-order chi connectivity index (χ1) is 10.2. The molecule has 110 valence electrons. The summed E-state index contributed by atoms with van der Waals surface area (Å²) in [5, 5.41) is 3.37. The van der Waals surface area contributed by atoms with Crippen LogP contribution in [0.5, 0.6) is 0 Å². The smallest absolute Gasteiger partial charge is 0.255 e. The molecule has 1 heterocycles. The number of para-hydroxylation sites is 1. The van der Waals surface area contributed by atoms with Gasteiger partial charge in [0, 0.05) is 32.0 Å². The SMILES string of the molecule is CN(C)C(=O)c1ccccc1NCc1cncn1C1CC1. The second-order valence-corrected chi connectivity index (χ2v) is 5.62. The van der Waals surface area contributed by atoms with Crippen molar-refractivity contribution >= 4 is 11.6 Å². The first kappa shape index (κ1) is 13.7. The molecule has 0 radical (unpaired) electrons. The highest BCUT2D eigenvalue weighted by Gasteiger charge is 2.25. The summed E-state index contributed by atoms with van der Waals surface area (Å²) < 4.78 is 2.23. The third-order valence-corrected chi connectivity index (χ3v) is 3.71. The fourth-order valence-electron chi connectivity index (χ4n) is 2.40. The molecule has 3 rings (SSSR count). The van der Waals surface area contributed by atoms with Crippen LogP contribution in [0.3, 0.4) is 0 Å². The van der Waals surface area contributed by atoms with Crippen LogP contribution in [-0.4, -0.2) is 34.5 Å². The van der Waals surface area contributed by atoms with Crippen molar-refractivity contribution in [1.82, 2.24) is 14.5 Å². The average molecular weight is 284 g/mol. The maximum Gasteiger partial charge on any atom is 0.255 e. The summed E-state index contributed by atoms with van der Waals surface area (Å²) in [6.07, 6.45) is 6.26. The van der Waals surface area contributed by atoms with Gasteiger partial charge in [0.1, 0.15) is 0 Å². The maximum absolute atomic E-state index is 12.2. The van der Waals surface area contributed by atoms with Crippen LogP contribution >= 0.6 is 0 Å². The highest BCUT2D eigenvalue weighted by atomic mass is 16.2. The lowest BCUT2D eigenvalue weighted by Crippen LogP contribution is -2.23. The third kappa shape index (κ3) is 2.91. The second-order valence-electron chi connectivity index (χ2n) is 5.62. The fraction of sp³-hybridized carbons (Fsp3) is 0.375. The van der Waals surface area contributed by atoms with Crippen LogP contribution in [0.15, 0.2) is 36.8 Å². The van der Waals surface area contributed by atoms with Gasteiger partial charge in [0.05, 0.1) is 24.1 Å². The Morgan fingerprint density at radius 1 is 1.38 bits per heavy atom. The lowest BCUT2D eigenvalue weighted by atomic mass is 10.1. The van der Waals surface area contributed by atoms with Crippen molar-refractivity contribution in [2.75, 3.05) is 19.4 Å². The minimum absolute atomic E-state index is 0.00815. The van der Waals surface area contributed by atoms with E-state index in [1.54, 1.807) is 19.0 Å². The van der Waals surface area contributed by atoms with E-state index in [1.807, 2.05) is 36.8 Å². The highest BCUT2D eigenvalue weighted by Crippen LogP contribution is 2.35. The summed E-state index contributed by atoms with van der Waals surface area (Å²) in [6.45, 7) is 0.675. The van der Waals surface area contributed by atoms with Crippen molar-refractivity contribution in [2.24, 2.45) is 0 Å². The lowest BCUT2D eigenvalue weighted by molar-refractivity contribution is 0.0828. The summed E-state index contributed by atoms with van der Waals surface area (Å²) in [7, 11) is 3.53. The minimum atomic E-state index is 0.00815. The van der Waals surface area contributed by atoms with E-state index in [1.165, 1.54) is 12.8 Å². The predicted molar refractivity (Wildman–Crippen MR) is 82.3 cm³/mol. The maximum atomic E-state index is 12.2. The largest absolute Gasteiger partial charge is 0.379 e. The number of anilines is 1. The van der Waals surface area contributed by atoms with Gasteiger partial charge in [-0.2, -0.15) is 0 Å². The lowest BCUT2D eigenvalue weighted by Gasteiger charge is -2.15. The molecule has 1 aliphatic carbocycles. The Balaban J connectivity index is 1.76. The van der Waals surface area contributed by atoms with Gasteiger partial charge in [0.2, 0.25) is 0 Å². The Morgan fingerprint density at radius 2 is 2.14 bits per heavy atom. The monoisotopic (exact) mass is 284 g/mol. The molecule has 0 aliphatic heterocycles. The van der Waals surface area contributed by atoms with E-state index in [-0.39, 0.29) is 5.91 Å². The van der Waals surface area contributed by atoms with Crippen LogP contribution in [0.25, 0.3) is 0 Å². The Hall–Kier alpha value is -2.30. The van der Waals surface area contributed by atoms with Crippen molar-refractivity contribution in [3.63, 3.8) is 0 Å². The van der Waals surface area contributed by atoms with Gasteiger partial charge in [0.15, 0.2) is 0 Å². The van der Waals surface area contributed by atoms with E-state index < -0.39 is 0 Å². The normalized spacial score (nSPS) is 14.0. The van der Waals surface area contributed by atoms with Gasteiger partial charge in [0.25, 0.3) is 5.91 Å². The Morgan fingerprint density at radius 3 is 2.86 bits per heavy atom. The first-order valence-corrected chi connectivity index (χ1v) is 7.22. The van der Waals surface area contributed by atoms with Crippen molar-refractivity contribution in [1.29, 1.82) is 0 Å². The third-order valence-electron chi connectivity index (χ3n) is 3.71. The number of aromatic nitrogens is 2. The number of rotatable bonds is 5. The molecule has 0 spiro atoms. The number of hydrogen-bond acceptors (Lipinski definition) is 3. The minimum Gasteiger partial charge on any atom is -0.379 e. The van der Waals surface area contributed by atoms with E-state index >= 15 is 0 Å². The molecule has 21 heavy (non-hydrogen) atoms. The van der Waals surface area contributed by atoms with Crippen molar-refractivity contribution in [3.05, 3.63) is 48.0 Å². The van der Waals surface area contributed by atoms with Gasteiger partial charge in [-0.05, 0) is 25.0 Å². The molecule has 5 heteroatoms. The topological polar surface area (TPSA) is 50.2 Å². The van der Waals surface area contributed by atoms with Crippen molar-refractivity contribution in [2.45, 2.75) is 25.4 Å². The summed E-state index contributed by atoms with van der Waals surface area (Å²) in [5.74, 6) is 0.00815. The van der Waals surface area contributed by atoms with Crippen LogP contribution in [0.2, 0.25) is 0 Å². The van der Waals surface area contributed by atoms with Gasteiger partial charge >= 0.3 is 0 Å². The number of nitrogens with one attached hydrogen (secondary N) is 1. The Kier molecular flexibility index (Phi) is 3.64. The summed E-state index contributed by atoms with van der Waals surface area (Å²) in [6, 6.07) is 8.23. The predicted octanol–water partition coefficient (Wildman–Crippen LogP) is 2.53. The molecule has 1 fully saturated rings. The number of imidazole rings is 1. The van der Waals surface area contributed by atoms with E-state index in [9.17, 15) is 4.79 Å². The zero-order valence-electron chi connectivity index (χ0n) is 12.4. The number of carbonyl (C=O) groups is 1. The summed E-state index contributed by atoms with van der Waals surface area (Å²) in [4.78, 5) is 18.0. The molecule has 0 atom stereocenters. The van der Waals surface area contributed by atoms with Crippen molar-refractivity contribution in [3.8, 4) is 0 Å². The zero-order chi connectivity index (χ0) is 14.8. The molecule has 1 aromatic heterocycles. The Labute approximate surface area is 124 Å². The van der Waals surface area contributed by atoms with Crippen LogP contribution in [-0.2, 0) is 6.54 Å². The standard InChI is InChI=1S/C16H20N4O/c1-19(2)16(21)14-5-3-4-6-15(14)18-10-13-9-17-11-20(13)12-7-8-12/h3-6,9,11-12,18H,7-8,10H2,1-2H3. The molecule has 0 saturated heterocycles. The first-order valence-electron chi connectivity index (χ1n) is 7.22. The van der Waals surface area contributed by atoms with Gasteiger partial charge in [-0.15, -0.1) is 0 Å². The molecule has 0 bridgehead atoms. The van der Waals surface area contributed by atoms with Crippen LogP contribution in [0.4, 0.5) is 5.69 Å². The van der Waals surface area contributed by atoms with Crippen LogP contribution in [0.1, 0.15) is 34.9 Å². The fourth-order valence-corrected chi connectivity index (χ4v) is 2.40. The molecule has 0 unspecified atom stereocenters. The molecule has 2 aromatic rings. The summed E-state index contributed by atoms with van der Waals surface area (Å²) >= 11 is 0. The van der Waals surface area contributed by atoms with E-state index in [4.69, 9.17) is 0 Å². The number of benzene rings is 1. The second kappa shape index (κ2) is 5.60. The molecule has 1 N–H and O–H groups in total. The van der Waals surface area contributed by atoms with Gasteiger partial charge in [-0.1, -0.05) is 12.1 Å². The summed E-state index contributed by atoms with van der Waals surface area (Å²) in [5.41, 5.74) is 2.71. The molecule has 1 aliphatic rings. The number of hydrogen-bond donors (Lipinski definition) is 1. The number of amides is 1. The molecular weight excluding hydrogens is 264 g/mol. The zero-order valence-corrected chi connectivity index (χ0v) is 12.4. The molecular formula is C16H20N4O. The van der Waals surface area contributed by atoms with E-state index in [0.29, 0.717) is 18.2 Å². The van der Waals surface area contributed by atoms with Crippen molar-refractivity contribution < 1.29 is 4.79 Å². The quantitative estimate of drug-likeness (QED) is 0.918. The van der Waals surface area contributed by atoms with Crippen LogP contribution in [0, 0.1) is 0 Å². The Bertz CT molecular complexity index is 643. The van der Waals surface area contributed by atoms with Gasteiger partial charge in [-0.25, -0.2) is 4.98 Å². The molecule has 5 nitrogen and oxygen atoms in total. The molecule has 1 aromatic carbocycles. The highest BCUT2D eigenvalue weighted by molar-refractivity contribution is 5.99. The average Bonchev–Trinajstić information content (AvgIpc) is 3.23. The molecule has 1 amide bonds. The van der Waals surface area contributed by atoms with E-state index in [2.05, 4.69) is 14.9 Å². The van der Waals surface area contributed by atoms with Gasteiger partial charge < -0.3 is 14.8 Å². The van der Waals surface area contributed by atoms with Gasteiger partial charge in [-0.3, -0.25) is 4.79 Å².